The molecule has 1 aromatic carbocycles. The molecule has 1 aliphatic carbocycles. The number of nitrogens with one attached hydrogen (secondary N) is 2. The number of carbonyl (C=O) groups excluding carboxylic acids is 2. The lowest BCUT2D eigenvalue weighted by Crippen LogP contribution is -2.53. The zero-order valence-electron chi connectivity index (χ0n) is 15.9. The van der Waals surface area contributed by atoms with E-state index in [0.29, 0.717) is 24.3 Å². The van der Waals surface area contributed by atoms with E-state index in [1.807, 2.05) is 0 Å². The highest BCUT2D eigenvalue weighted by atomic mass is 32.2. The standard InChI is InChI=1S/C18H25N3O6S/c1-12-10-14(6-7-15(12)26-2)28(24,25)21-8-3-9-27-16(21)11-19-17(22)18(23)20-13-4-5-13/h6-7,10,13,16H,3-5,8-9,11H2,1-2H3,(H,19,22)(H,20,23). The molecule has 1 heterocycles. The normalized spacial score (nSPS) is 20.4. The maximum absolute atomic E-state index is 13.1. The van der Waals surface area contributed by atoms with Crippen molar-refractivity contribution in [2.75, 3.05) is 26.8 Å². The number of hydrogen-bond acceptors (Lipinski definition) is 6. The minimum atomic E-state index is -3.83. The van der Waals surface area contributed by atoms with Gasteiger partial charge in [-0.1, -0.05) is 0 Å². The van der Waals surface area contributed by atoms with Gasteiger partial charge in [0.25, 0.3) is 0 Å². The quantitative estimate of drug-likeness (QED) is 0.644. The largest absolute Gasteiger partial charge is 0.496 e. The Bertz CT molecular complexity index is 853. The van der Waals surface area contributed by atoms with Gasteiger partial charge in [-0.25, -0.2) is 8.42 Å². The van der Waals surface area contributed by atoms with Crippen LogP contribution in [0.5, 0.6) is 5.75 Å². The van der Waals surface area contributed by atoms with Gasteiger partial charge in [0.1, 0.15) is 12.0 Å². The summed E-state index contributed by atoms with van der Waals surface area (Å²) in [6, 6.07) is 4.70. The molecule has 1 atom stereocenters. The molecule has 0 radical (unpaired) electrons. The Morgan fingerprint density at radius 3 is 2.68 bits per heavy atom. The van der Waals surface area contributed by atoms with Crippen molar-refractivity contribution in [1.82, 2.24) is 14.9 Å². The highest BCUT2D eigenvalue weighted by Gasteiger charge is 2.35. The number of methoxy groups -OCH3 is 1. The number of hydrogen-bond donors (Lipinski definition) is 2. The topological polar surface area (TPSA) is 114 Å². The number of ether oxygens (including phenoxy) is 2. The van der Waals surface area contributed by atoms with E-state index < -0.39 is 28.1 Å². The molecule has 2 amide bonds. The Hall–Kier alpha value is -2.17. The number of rotatable bonds is 6. The zero-order chi connectivity index (χ0) is 20.3. The van der Waals surface area contributed by atoms with Crippen LogP contribution in [0.3, 0.4) is 0 Å². The predicted octanol–water partition coefficient (Wildman–Crippen LogP) is 0.136. The van der Waals surface area contributed by atoms with E-state index in [1.54, 1.807) is 19.1 Å². The van der Waals surface area contributed by atoms with Crippen LogP contribution in [0.4, 0.5) is 0 Å². The van der Waals surface area contributed by atoms with E-state index in [-0.39, 0.29) is 24.0 Å². The molecule has 9 nitrogen and oxygen atoms in total. The van der Waals surface area contributed by atoms with Gasteiger partial charge in [0, 0.05) is 12.6 Å². The van der Waals surface area contributed by atoms with Crippen LogP contribution >= 0.6 is 0 Å². The summed E-state index contributed by atoms with van der Waals surface area (Å²) in [5.41, 5.74) is 0.697. The van der Waals surface area contributed by atoms with Gasteiger partial charge < -0.3 is 20.1 Å². The molecule has 2 fully saturated rings. The van der Waals surface area contributed by atoms with Crippen molar-refractivity contribution >= 4 is 21.8 Å². The van der Waals surface area contributed by atoms with E-state index >= 15 is 0 Å². The average Bonchev–Trinajstić information content (AvgIpc) is 3.50. The third-order valence-electron chi connectivity index (χ3n) is 4.68. The summed E-state index contributed by atoms with van der Waals surface area (Å²) in [6.45, 7) is 2.30. The maximum Gasteiger partial charge on any atom is 0.309 e. The molecule has 154 valence electrons. The molecule has 0 aromatic heterocycles. The summed E-state index contributed by atoms with van der Waals surface area (Å²) in [5.74, 6) is -0.906. The number of aryl methyl sites for hydroxylation is 1. The Morgan fingerprint density at radius 2 is 2.04 bits per heavy atom. The van der Waals surface area contributed by atoms with E-state index in [0.717, 1.165) is 12.8 Å². The molecule has 0 spiro atoms. The Morgan fingerprint density at radius 1 is 1.29 bits per heavy atom. The summed E-state index contributed by atoms with van der Waals surface area (Å²) in [4.78, 5) is 23.8. The second kappa shape index (κ2) is 8.46. The van der Waals surface area contributed by atoms with Gasteiger partial charge in [0.05, 0.1) is 25.2 Å². The molecule has 1 aromatic rings. The highest BCUT2D eigenvalue weighted by Crippen LogP contribution is 2.26. The van der Waals surface area contributed by atoms with Crippen LogP contribution in [0.1, 0.15) is 24.8 Å². The molecule has 1 saturated heterocycles. The van der Waals surface area contributed by atoms with Crippen molar-refractivity contribution in [3.8, 4) is 5.75 Å². The van der Waals surface area contributed by atoms with E-state index in [9.17, 15) is 18.0 Å². The first-order chi connectivity index (χ1) is 13.3. The van der Waals surface area contributed by atoms with Crippen molar-refractivity contribution in [3.05, 3.63) is 23.8 Å². The molecule has 1 unspecified atom stereocenters. The molecule has 2 aliphatic rings. The third kappa shape index (κ3) is 4.62. The SMILES string of the molecule is COc1ccc(S(=O)(=O)N2CCCOC2CNC(=O)C(=O)NC2CC2)cc1C. The third-order valence-corrected chi connectivity index (χ3v) is 6.57. The van der Waals surface area contributed by atoms with Crippen LogP contribution in [0, 0.1) is 6.92 Å². The summed E-state index contributed by atoms with van der Waals surface area (Å²) in [6.07, 6.45) is 1.41. The molecule has 28 heavy (non-hydrogen) atoms. The van der Waals surface area contributed by atoms with Crippen LogP contribution in [-0.2, 0) is 24.3 Å². The second-order valence-electron chi connectivity index (χ2n) is 6.88. The molecule has 1 saturated carbocycles. The van der Waals surface area contributed by atoms with Gasteiger partial charge in [-0.05, 0) is 49.9 Å². The lowest BCUT2D eigenvalue weighted by molar-refractivity contribution is -0.140. The first kappa shape index (κ1) is 20.6. The highest BCUT2D eigenvalue weighted by molar-refractivity contribution is 7.89. The molecule has 1 aliphatic heterocycles. The Balaban J connectivity index is 1.70. The molecule has 2 N–H and O–H groups in total. The lowest BCUT2D eigenvalue weighted by atomic mass is 10.2. The zero-order valence-corrected chi connectivity index (χ0v) is 16.8. The first-order valence-electron chi connectivity index (χ1n) is 9.19. The van der Waals surface area contributed by atoms with Gasteiger partial charge in [-0.3, -0.25) is 9.59 Å². The van der Waals surface area contributed by atoms with Crippen LogP contribution < -0.4 is 15.4 Å². The summed E-state index contributed by atoms with van der Waals surface area (Å²) < 4.78 is 38.2. The monoisotopic (exact) mass is 411 g/mol. The van der Waals surface area contributed by atoms with Crippen molar-refractivity contribution in [3.63, 3.8) is 0 Å². The van der Waals surface area contributed by atoms with Crippen molar-refractivity contribution < 1.29 is 27.5 Å². The van der Waals surface area contributed by atoms with Gasteiger partial charge in [0.2, 0.25) is 10.0 Å². The fraction of sp³-hybridized carbons (Fsp3) is 0.556. The predicted molar refractivity (Wildman–Crippen MR) is 100 cm³/mol. The number of nitrogens with zero attached hydrogens (tertiary/aromatic N) is 1. The lowest BCUT2D eigenvalue weighted by Gasteiger charge is -2.34. The van der Waals surface area contributed by atoms with Gasteiger partial charge in [-0.15, -0.1) is 0 Å². The van der Waals surface area contributed by atoms with Gasteiger partial charge in [0.15, 0.2) is 0 Å². The molecular formula is C18H25N3O6S. The Labute approximate surface area is 164 Å². The molecule has 10 heteroatoms. The number of benzene rings is 1. The van der Waals surface area contributed by atoms with Crippen molar-refractivity contribution in [2.45, 2.75) is 43.4 Å². The van der Waals surface area contributed by atoms with Gasteiger partial charge >= 0.3 is 11.8 Å². The van der Waals surface area contributed by atoms with Crippen LogP contribution in [0.15, 0.2) is 23.1 Å². The van der Waals surface area contributed by atoms with Crippen LogP contribution in [0.25, 0.3) is 0 Å². The van der Waals surface area contributed by atoms with E-state index in [1.165, 1.54) is 17.5 Å². The van der Waals surface area contributed by atoms with Crippen LogP contribution in [-0.4, -0.2) is 63.6 Å². The Kier molecular flexibility index (Phi) is 6.21. The van der Waals surface area contributed by atoms with Crippen molar-refractivity contribution in [1.29, 1.82) is 0 Å². The summed E-state index contributed by atoms with van der Waals surface area (Å²) in [5, 5.41) is 5.06. The minimum Gasteiger partial charge on any atom is -0.496 e. The second-order valence-corrected chi connectivity index (χ2v) is 8.77. The van der Waals surface area contributed by atoms with E-state index in [2.05, 4.69) is 10.6 Å². The fourth-order valence-corrected chi connectivity index (χ4v) is 4.64. The van der Waals surface area contributed by atoms with Gasteiger partial charge in [-0.2, -0.15) is 4.31 Å². The molecular weight excluding hydrogens is 386 g/mol. The van der Waals surface area contributed by atoms with Crippen molar-refractivity contribution in [2.24, 2.45) is 0 Å². The summed E-state index contributed by atoms with van der Waals surface area (Å²) >= 11 is 0. The summed E-state index contributed by atoms with van der Waals surface area (Å²) in [7, 11) is -2.31. The smallest absolute Gasteiger partial charge is 0.309 e. The maximum atomic E-state index is 13.1. The van der Waals surface area contributed by atoms with E-state index in [4.69, 9.17) is 9.47 Å². The van der Waals surface area contributed by atoms with Crippen LogP contribution in [0.2, 0.25) is 0 Å². The molecule has 3 rings (SSSR count). The fourth-order valence-electron chi connectivity index (χ4n) is 2.99. The minimum absolute atomic E-state index is 0.0689. The molecule has 0 bridgehead atoms. The number of amides is 2. The first-order valence-corrected chi connectivity index (χ1v) is 10.6. The number of carbonyl (C=O) groups is 2. The average molecular weight is 411 g/mol. The number of sulfonamides is 1.